The molecule has 19 nitrogen and oxygen atoms in total. The zero-order valence-electron chi connectivity index (χ0n) is 41.8. The van der Waals surface area contributed by atoms with E-state index < -0.39 is 103 Å². The number of nitrogens with zero attached hydrogens (tertiary/aromatic N) is 2. The Kier molecular flexibility index (Phi) is 17.3. The van der Waals surface area contributed by atoms with E-state index in [1.165, 1.54) is 40.1 Å². The maximum absolute atomic E-state index is 14.2. The fourth-order valence-electron chi connectivity index (χ4n) is 9.40. The minimum Gasteiger partial charge on any atom is -0.495 e. The molecule has 2 saturated heterocycles. The Morgan fingerprint density at radius 1 is 0.986 bits per heavy atom. The van der Waals surface area contributed by atoms with E-state index in [4.69, 9.17) is 40.0 Å². The average molecular weight is 1030 g/mol. The molecule has 4 bridgehead atoms. The fourth-order valence-corrected chi connectivity index (χ4v) is 9.71. The third-order valence-corrected chi connectivity index (χ3v) is 14.2. The zero-order chi connectivity index (χ0) is 52.7. The number of nitrogens with one attached hydrogen (secondary N) is 3. The number of allylic oxidation sites excluding steroid dienone is 3. The van der Waals surface area contributed by atoms with Gasteiger partial charge in [0.05, 0.1) is 38.4 Å². The molecule has 0 saturated carbocycles. The standard InChI is InChI=1S/C53H62ClN5O14/c1-29-13-12-18-43(69-7)53(67)25-42(72-52(66)57-53)30(2)48-49(73-48)41(24-45(62)59(5)39-22-32(21-29)23-40(68-6)47(39)54)71-50(64)31(3)58(4)46(63)27-55-44(61)20-19-33(60)26-56-51(65)70-28-38-36-16-10-8-14-34(36)35-15-9-11-17-37(35)38/h8-18,22-23,30-31,38,41-43,48-49,67H,19-21,24-28H2,1-7H3,(H,55,61)(H,56,65)(H,57,66)/b18-12+,29-13+. The van der Waals surface area contributed by atoms with Crippen LogP contribution in [0.3, 0.4) is 0 Å². The molecule has 3 aromatic carbocycles. The van der Waals surface area contributed by atoms with Crippen molar-refractivity contribution in [3.63, 3.8) is 0 Å². The van der Waals surface area contributed by atoms with Gasteiger partial charge in [-0.15, -0.1) is 0 Å². The van der Waals surface area contributed by atoms with Gasteiger partial charge in [-0.2, -0.15) is 0 Å². The summed E-state index contributed by atoms with van der Waals surface area (Å²) in [5.41, 5.74) is 4.34. The SMILES string of the molecule is COc1cc2cc(c1Cl)N(C)C(=O)CC(OC(=O)C(C)N(C)C(=O)CNC(=O)CCC(=O)CNC(=O)OCC1c3ccccc3-c3ccccc31)C1OC1C(C)C1CC(O)(NC(=O)O1)C(OC)/C=C/C=C(\C)C2. The van der Waals surface area contributed by atoms with Crippen LogP contribution in [0.1, 0.15) is 69.1 Å². The Morgan fingerprint density at radius 3 is 2.34 bits per heavy atom. The Bertz CT molecular complexity index is 2630. The Labute approximate surface area is 428 Å². The summed E-state index contributed by atoms with van der Waals surface area (Å²) in [5, 5.41) is 19.3. The van der Waals surface area contributed by atoms with Crippen molar-refractivity contribution in [2.75, 3.05) is 52.9 Å². The van der Waals surface area contributed by atoms with Gasteiger partial charge in [-0.05, 0) is 60.2 Å². The third-order valence-electron chi connectivity index (χ3n) is 13.8. The number of ketones is 1. The van der Waals surface area contributed by atoms with Crippen molar-refractivity contribution in [3.05, 3.63) is 106 Å². The number of anilines is 1. The number of rotatable bonds is 14. The van der Waals surface area contributed by atoms with Crippen molar-refractivity contribution < 1.29 is 67.1 Å². The summed E-state index contributed by atoms with van der Waals surface area (Å²) < 4.78 is 34.4. The van der Waals surface area contributed by atoms with Crippen LogP contribution in [0.15, 0.2) is 84.5 Å². The molecule has 3 heterocycles. The monoisotopic (exact) mass is 1030 g/mol. The number of hydrogen-bond acceptors (Lipinski definition) is 14. The molecule has 73 heavy (non-hydrogen) atoms. The van der Waals surface area contributed by atoms with Gasteiger partial charge in [-0.3, -0.25) is 24.5 Å². The number of epoxide rings is 1. The number of fused-ring (bicyclic) bond motifs is 8. The topological polar surface area (TPSA) is 241 Å². The summed E-state index contributed by atoms with van der Waals surface area (Å²) in [4.78, 5) is 94.6. The second-order valence-electron chi connectivity index (χ2n) is 18.8. The first kappa shape index (κ1) is 54.0. The molecule has 0 radical (unpaired) electrons. The summed E-state index contributed by atoms with van der Waals surface area (Å²) in [6, 6.07) is 18.1. The number of carbonyl (C=O) groups is 7. The van der Waals surface area contributed by atoms with Crippen LogP contribution in [0.4, 0.5) is 15.3 Å². The van der Waals surface area contributed by atoms with Crippen molar-refractivity contribution in [3.8, 4) is 16.9 Å². The lowest BCUT2D eigenvalue weighted by Gasteiger charge is -2.41. The van der Waals surface area contributed by atoms with Gasteiger partial charge in [-0.25, -0.2) is 14.4 Å². The first-order valence-electron chi connectivity index (χ1n) is 24.0. The molecule has 20 heteroatoms. The molecule has 0 spiro atoms. The molecule has 0 aromatic heterocycles. The predicted octanol–water partition coefficient (Wildman–Crippen LogP) is 5.13. The fraction of sp³-hybridized carbons (Fsp3) is 0.453. The molecule has 4 N–H and O–H groups in total. The highest BCUT2D eigenvalue weighted by atomic mass is 35.5. The Morgan fingerprint density at radius 2 is 1.67 bits per heavy atom. The maximum Gasteiger partial charge on any atom is 0.409 e. The minimum atomic E-state index is -1.88. The Balaban J connectivity index is 0.945. The number of alkyl carbamates (subject to hydrolysis) is 2. The molecular weight excluding hydrogens is 966 g/mol. The van der Waals surface area contributed by atoms with Gasteiger partial charge in [0.2, 0.25) is 17.7 Å². The predicted molar refractivity (Wildman–Crippen MR) is 267 cm³/mol. The number of carbonyl (C=O) groups excluding carboxylic acids is 7. The first-order chi connectivity index (χ1) is 34.8. The van der Waals surface area contributed by atoms with E-state index in [1.807, 2.05) is 61.5 Å². The number of likely N-dealkylation sites (N-methyl/N-ethyl adjacent to an activating group) is 1. The van der Waals surface area contributed by atoms with Crippen LogP contribution in [0.5, 0.6) is 5.75 Å². The summed E-state index contributed by atoms with van der Waals surface area (Å²) >= 11 is 6.77. The number of benzene rings is 3. The Hall–Kier alpha value is -6.80. The van der Waals surface area contributed by atoms with Crippen molar-refractivity contribution in [2.45, 2.75) is 101 Å². The van der Waals surface area contributed by atoms with E-state index in [-0.39, 0.29) is 43.4 Å². The average Bonchev–Trinajstić information content (AvgIpc) is 4.11. The molecule has 2 fully saturated rings. The van der Waals surface area contributed by atoms with Crippen molar-refractivity contribution >= 4 is 58.9 Å². The summed E-state index contributed by atoms with van der Waals surface area (Å²) in [6.45, 7) is 4.24. The van der Waals surface area contributed by atoms with Crippen LogP contribution < -0.4 is 25.6 Å². The van der Waals surface area contributed by atoms with E-state index in [9.17, 15) is 38.7 Å². The van der Waals surface area contributed by atoms with E-state index in [1.54, 1.807) is 31.2 Å². The van der Waals surface area contributed by atoms with Crippen LogP contribution in [-0.2, 0) is 54.1 Å². The van der Waals surface area contributed by atoms with Crippen molar-refractivity contribution in [1.82, 2.24) is 20.9 Å². The lowest BCUT2D eigenvalue weighted by molar-refractivity contribution is -0.159. The highest BCUT2D eigenvalue weighted by Crippen LogP contribution is 2.45. The number of hydrogen-bond donors (Lipinski definition) is 4. The lowest BCUT2D eigenvalue weighted by atomic mass is 9.87. The van der Waals surface area contributed by atoms with Crippen LogP contribution in [-0.4, -0.2) is 142 Å². The summed E-state index contributed by atoms with van der Waals surface area (Å²) in [7, 11) is 5.73. The van der Waals surface area contributed by atoms with Crippen LogP contribution in [0, 0.1) is 5.92 Å². The number of methoxy groups -OCH3 is 2. The lowest BCUT2D eigenvalue weighted by Crippen LogP contribution is -2.63. The van der Waals surface area contributed by atoms with Gasteiger partial charge >= 0.3 is 18.2 Å². The quantitative estimate of drug-likeness (QED) is 0.0931. The molecule has 1 aliphatic carbocycles. The van der Waals surface area contributed by atoms with E-state index >= 15 is 0 Å². The molecule has 3 aliphatic heterocycles. The number of Topliss-reactive ketones (excluding diaryl/α,β-unsaturated/α-hetero) is 1. The number of aliphatic hydroxyl groups is 1. The molecule has 390 valence electrons. The largest absolute Gasteiger partial charge is 0.495 e. The number of amides is 5. The van der Waals surface area contributed by atoms with Crippen LogP contribution in [0.2, 0.25) is 5.02 Å². The summed E-state index contributed by atoms with van der Waals surface area (Å²) in [6.07, 6.45) is -1.80. The van der Waals surface area contributed by atoms with Crippen LogP contribution >= 0.6 is 11.6 Å². The van der Waals surface area contributed by atoms with E-state index in [2.05, 4.69) is 16.0 Å². The maximum atomic E-state index is 14.2. The molecule has 7 rings (SSSR count). The molecule has 5 amide bonds. The van der Waals surface area contributed by atoms with Gasteiger partial charge < -0.3 is 54.0 Å². The molecule has 8 atom stereocenters. The second kappa shape index (κ2) is 23.4. The number of halogens is 1. The highest BCUT2D eigenvalue weighted by Gasteiger charge is 2.56. The number of esters is 1. The number of ether oxygens (including phenoxy) is 6. The van der Waals surface area contributed by atoms with Gasteiger partial charge in [0.1, 0.15) is 47.8 Å². The van der Waals surface area contributed by atoms with Gasteiger partial charge in [-0.1, -0.05) is 90.9 Å². The van der Waals surface area contributed by atoms with Gasteiger partial charge in [0, 0.05) is 52.3 Å². The molecule has 3 aromatic rings. The molecule has 8 unspecified atom stereocenters. The van der Waals surface area contributed by atoms with Crippen molar-refractivity contribution in [1.29, 1.82) is 0 Å². The highest BCUT2D eigenvalue weighted by molar-refractivity contribution is 6.35. The zero-order valence-corrected chi connectivity index (χ0v) is 42.6. The molecular formula is C53H62ClN5O14. The normalized spacial score (nSPS) is 25.2. The van der Waals surface area contributed by atoms with Crippen LogP contribution in [0.25, 0.3) is 11.1 Å². The molecule has 4 aliphatic rings. The summed E-state index contributed by atoms with van der Waals surface area (Å²) in [5.74, 6) is -3.53. The minimum absolute atomic E-state index is 0.0708. The third kappa shape index (κ3) is 12.7. The van der Waals surface area contributed by atoms with E-state index in [0.29, 0.717) is 17.9 Å². The van der Waals surface area contributed by atoms with Gasteiger partial charge in [0.15, 0.2) is 11.5 Å². The van der Waals surface area contributed by atoms with Crippen molar-refractivity contribution in [2.24, 2.45) is 5.92 Å². The second-order valence-corrected chi connectivity index (χ2v) is 19.2. The first-order valence-corrected chi connectivity index (χ1v) is 24.4. The van der Waals surface area contributed by atoms with E-state index in [0.717, 1.165) is 38.3 Å². The smallest absolute Gasteiger partial charge is 0.409 e. The van der Waals surface area contributed by atoms with Gasteiger partial charge in [0.25, 0.3) is 0 Å².